The van der Waals surface area contributed by atoms with Crippen LogP contribution in [0.15, 0.2) is 53.4 Å². The molecule has 0 spiro atoms. The van der Waals surface area contributed by atoms with Crippen LogP contribution in [0.1, 0.15) is 11.1 Å². The van der Waals surface area contributed by atoms with Crippen LogP contribution in [0.2, 0.25) is 5.02 Å². The first-order valence-electron chi connectivity index (χ1n) is 8.77. The van der Waals surface area contributed by atoms with Crippen molar-refractivity contribution in [3.8, 4) is 17.4 Å². The minimum absolute atomic E-state index is 0.116. The Morgan fingerprint density at radius 2 is 1.78 bits per heavy atom. The van der Waals surface area contributed by atoms with Gasteiger partial charge in [-0.3, -0.25) is 4.40 Å². The summed E-state index contributed by atoms with van der Waals surface area (Å²) in [6, 6.07) is 6.01. The Kier molecular flexibility index (Phi) is 5.95. The van der Waals surface area contributed by atoms with Crippen molar-refractivity contribution >= 4 is 33.3 Å². The first-order valence-corrected chi connectivity index (χ1v) is 9.94. The number of hydrogen-bond acceptors (Lipinski definition) is 4. The van der Waals surface area contributed by atoms with E-state index in [-0.39, 0.29) is 18.1 Å². The normalized spacial score (nSPS) is 11.7. The molecule has 5 nitrogen and oxygen atoms in total. The van der Waals surface area contributed by atoms with Crippen molar-refractivity contribution in [2.75, 3.05) is 0 Å². The molecule has 4 rings (SSSR count). The number of imidazole rings is 1. The molecule has 0 aliphatic carbocycles. The quantitative estimate of drug-likeness (QED) is 0.264. The maximum absolute atomic E-state index is 14.4. The summed E-state index contributed by atoms with van der Waals surface area (Å²) < 4.78 is 80.6. The van der Waals surface area contributed by atoms with E-state index in [1.54, 1.807) is 22.9 Å². The van der Waals surface area contributed by atoms with Crippen LogP contribution in [0.3, 0.4) is 0 Å². The van der Waals surface area contributed by atoms with Crippen molar-refractivity contribution in [2.45, 2.75) is 12.8 Å². The van der Waals surface area contributed by atoms with Gasteiger partial charge < -0.3 is 9.47 Å². The lowest BCUT2D eigenvalue weighted by molar-refractivity contribution is -0.137. The number of benzene rings is 2. The van der Waals surface area contributed by atoms with Crippen LogP contribution in [0.4, 0.5) is 22.0 Å². The van der Waals surface area contributed by atoms with E-state index >= 15 is 0 Å². The molecule has 12 heteroatoms. The van der Waals surface area contributed by atoms with E-state index < -0.39 is 39.9 Å². The van der Waals surface area contributed by atoms with Gasteiger partial charge in [-0.05, 0) is 51.8 Å². The van der Waals surface area contributed by atoms with Gasteiger partial charge in [0.2, 0.25) is 11.7 Å². The maximum atomic E-state index is 14.4. The van der Waals surface area contributed by atoms with Crippen molar-refractivity contribution in [1.82, 2.24) is 14.4 Å². The fourth-order valence-electron chi connectivity index (χ4n) is 2.76. The second kappa shape index (κ2) is 8.55. The summed E-state index contributed by atoms with van der Waals surface area (Å²) in [6.07, 6.45) is -1.56. The Morgan fingerprint density at radius 3 is 2.47 bits per heavy atom. The number of fused-ring (bicyclic) bond motifs is 1. The Balaban J connectivity index is 1.51. The predicted octanol–water partition coefficient (Wildman–Crippen LogP) is 6.81. The zero-order valence-electron chi connectivity index (χ0n) is 15.6. The van der Waals surface area contributed by atoms with Crippen molar-refractivity contribution in [3.63, 3.8) is 0 Å². The average molecular weight is 535 g/mol. The van der Waals surface area contributed by atoms with E-state index in [1.165, 1.54) is 0 Å². The Morgan fingerprint density at radius 1 is 1.06 bits per heavy atom. The van der Waals surface area contributed by atoms with Crippen molar-refractivity contribution in [3.05, 3.63) is 81.2 Å². The van der Waals surface area contributed by atoms with Gasteiger partial charge in [-0.25, -0.2) is 13.8 Å². The minimum Gasteiger partial charge on any atom is -0.473 e. The topological polar surface area (TPSA) is 48.7 Å². The molecule has 0 bridgehead atoms. The van der Waals surface area contributed by atoms with E-state index in [9.17, 15) is 22.0 Å². The molecule has 32 heavy (non-hydrogen) atoms. The predicted molar refractivity (Wildman–Crippen MR) is 108 cm³/mol. The lowest BCUT2D eigenvalue weighted by Gasteiger charge is -2.13. The van der Waals surface area contributed by atoms with Gasteiger partial charge in [0.25, 0.3) is 0 Å². The van der Waals surface area contributed by atoms with Crippen LogP contribution in [-0.2, 0) is 12.8 Å². The number of aromatic nitrogens is 3. The lowest BCUT2D eigenvalue weighted by Crippen LogP contribution is -2.06. The molecule has 0 fully saturated rings. The van der Waals surface area contributed by atoms with Gasteiger partial charge in [-0.1, -0.05) is 11.6 Å². The molecule has 0 aliphatic rings. The molecule has 2 aromatic heterocycles. The van der Waals surface area contributed by atoms with E-state index in [2.05, 4.69) is 25.9 Å². The molecule has 0 unspecified atom stereocenters. The summed E-state index contributed by atoms with van der Waals surface area (Å²) in [5, 5.41) is -0.562. The monoisotopic (exact) mass is 533 g/mol. The molecule has 0 amide bonds. The van der Waals surface area contributed by atoms with Gasteiger partial charge in [0.1, 0.15) is 17.0 Å². The SMILES string of the molecule is Fc1cc(COc2ccn3c(Br)cnc3n2)cc(F)c1Oc1ccc(Cl)c(C(F)(F)F)c1. The number of nitrogens with zero attached hydrogens (tertiary/aromatic N) is 3. The summed E-state index contributed by atoms with van der Waals surface area (Å²) in [5.74, 6) is -2.98. The molecule has 0 saturated heterocycles. The molecule has 0 aliphatic heterocycles. The average Bonchev–Trinajstić information content (AvgIpc) is 3.09. The fourth-order valence-corrected chi connectivity index (χ4v) is 3.36. The number of alkyl halides is 3. The van der Waals surface area contributed by atoms with Crippen molar-refractivity contribution < 1.29 is 31.4 Å². The lowest BCUT2D eigenvalue weighted by atomic mass is 10.2. The third-order valence-corrected chi connectivity index (χ3v) is 5.13. The Hall–Kier alpha value is -2.92. The molecule has 0 N–H and O–H groups in total. The molecular weight excluding hydrogens is 525 g/mol. The van der Waals surface area contributed by atoms with Crippen LogP contribution in [0.5, 0.6) is 17.4 Å². The van der Waals surface area contributed by atoms with Crippen LogP contribution >= 0.6 is 27.5 Å². The van der Waals surface area contributed by atoms with E-state index in [4.69, 9.17) is 21.1 Å². The zero-order valence-corrected chi connectivity index (χ0v) is 18.0. The Bertz CT molecular complexity index is 1290. The van der Waals surface area contributed by atoms with Gasteiger partial charge in [0, 0.05) is 12.3 Å². The summed E-state index contributed by atoms with van der Waals surface area (Å²) in [5.41, 5.74) is -1.07. The third-order valence-electron chi connectivity index (χ3n) is 4.22. The van der Waals surface area contributed by atoms with Crippen molar-refractivity contribution in [1.29, 1.82) is 0 Å². The highest BCUT2D eigenvalue weighted by Crippen LogP contribution is 2.38. The minimum atomic E-state index is -4.75. The number of rotatable bonds is 5. The molecule has 2 aromatic carbocycles. The Labute approximate surface area is 190 Å². The molecule has 0 radical (unpaired) electrons. The first kappa shape index (κ1) is 22.3. The number of ether oxygens (including phenoxy) is 2. The second-order valence-electron chi connectivity index (χ2n) is 6.44. The first-order chi connectivity index (χ1) is 15.1. The molecule has 4 aromatic rings. The van der Waals surface area contributed by atoms with E-state index in [0.29, 0.717) is 16.4 Å². The second-order valence-corrected chi connectivity index (χ2v) is 7.66. The van der Waals surface area contributed by atoms with Gasteiger partial charge in [-0.15, -0.1) is 0 Å². The highest BCUT2D eigenvalue weighted by atomic mass is 79.9. The zero-order chi connectivity index (χ0) is 23.0. The van der Waals surface area contributed by atoms with Crippen LogP contribution < -0.4 is 9.47 Å². The summed E-state index contributed by atoms with van der Waals surface area (Å²) >= 11 is 8.83. The van der Waals surface area contributed by atoms with E-state index in [1.807, 2.05) is 0 Å². The van der Waals surface area contributed by atoms with Gasteiger partial charge >= 0.3 is 6.18 Å². The highest BCUT2D eigenvalue weighted by molar-refractivity contribution is 9.10. The molecule has 0 saturated carbocycles. The summed E-state index contributed by atoms with van der Waals surface area (Å²) in [6.45, 7) is -0.224. The number of halogens is 7. The molecule has 0 atom stereocenters. The maximum Gasteiger partial charge on any atom is 0.417 e. The van der Waals surface area contributed by atoms with Gasteiger partial charge in [-0.2, -0.15) is 18.2 Å². The van der Waals surface area contributed by atoms with Gasteiger partial charge in [0.05, 0.1) is 16.8 Å². The summed E-state index contributed by atoms with van der Waals surface area (Å²) in [7, 11) is 0. The third kappa shape index (κ3) is 4.63. The fraction of sp³-hybridized carbons (Fsp3) is 0.100. The largest absolute Gasteiger partial charge is 0.473 e. The van der Waals surface area contributed by atoms with Gasteiger partial charge in [0.15, 0.2) is 17.4 Å². The van der Waals surface area contributed by atoms with Crippen LogP contribution in [0, 0.1) is 11.6 Å². The smallest absolute Gasteiger partial charge is 0.417 e. The number of hydrogen-bond donors (Lipinski definition) is 0. The molecular formula is C20H10BrClF5N3O2. The molecule has 2 heterocycles. The highest BCUT2D eigenvalue weighted by Gasteiger charge is 2.33. The standard InChI is InChI=1S/C20H10BrClF5N3O2/c21-16-8-28-19-29-17(3-4-30(16)19)31-9-10-5-14(23)18(15(24)6-10)32-11-1-2-13(22)12(7-11)20(25,26)27/h1-8H,9H2. The van der Waals surface area contributed by atoms with Crippen LogP contribution in [0.25, 0.3) is 5.78 Å². The van der Waals surface area contributed by atoms with Crippen LogP contribution in [-0.4, -0.2) is 14.4 Å². The molecule has 166 valence electrons. The van der Waals surface area contributed by atoms with Crippen molar-refractivity contribution in [2.24, 2.45) is 0 Å². The van der Waals surface area contributed by atoms with E-state index in [0.717, 1.165) is 24.3 Å². The summed E-state index contributed by atoms with van der Waals surface area (Å²) in [4.78, 5) is 8.20.